The Hall–Kier alpha value is -1.91. The number of rotatable bonds is 2. The van der Waals surface area contributed by atoms with E-state index in [2.05, 4.69) is 0 Å². The van der Waals surface area contributed by atoms with Gasteiger partial charge in [0, 0.05) is 21.6 Å². The minimum Gasteiger partial charge on any atom is -0.422 e. The van der Waals surface area contributed by atoms with Gasteiger partial charge in [-0.05, 0) is 19.1 Å². The molecule has 5 heteroatoms. The van der Waals surface area contributed by atoms with Crippen LogP contribution in [0.2, 0.25) is 0 Å². The molecule has 0 saturated heterocycles. The van der Waals surface area contributed by atoms with Crippen molar-refractivity contribution in [1.29, 1.82) is 0 Å². The third-order valence-corrected chi connectivity index (χ3v) is 2.19. The predicted molar refractivity (Wildman–Crippen MR) is 46.8 cm³/mol. The van der Waals surface area contributed by atoms with Crippen LogP contribution >= 0.6 is 0 Å². The lowest BCUT2D eigenvalue weighted by Gasteiger charge is -1.98. The third kappa shape index (κ3) is 1.14. The second-order valence-corrected chi connectivity index (χ2v) is 3.10. The topological polar surface area (TPSA) is 69.4 Å². The SMILES string of the molecule is CC1=C2C(C[N+](=O)[O-])=CC=C2OC1=O. The van der Waals surface area contributed by atoms with Gasteiger partial charge in [-0.2, -0.15) is 0 Å². The van der Waals surface area contributed by atoms with Gasteiger partial charge in [0.25, 0.3) is 0 Å². The average Bonchev–Trinajstić information content (AvgIpc) is 2.57. The number of carbonyl (C=O) groups excluding carboxylic acids is 1. The molecule has 0 saturated carbocycles. The maximum Gasteiger partial charge on any atom is 0.339 e. The van der Waals surface area contributed by atoms with Crippen molar-refractivity contribution < 1.29 is 14.5 Å². The van der Waals surface area contributed by atoms with E-state index in [-0.39, 0.29) is 6.54 Å². The number of nitro groups is 1. The van der Waals surface area contributed by atoms with Crippen molar-refractivity contribution >= 4 is 5.97 Å². The van der Waals surface area contributed by atoms with Gasteiger partial charge in [0.1, 0.15) is 5.76 Å². The molecular weight excluding hydrogens is 186 g/mol. The molecule has 0 aromatic carbocycles. The molecule has 1 aliphatic carbocycles. The summed E-state index contributed by atoms with van der Waals surface area (Å²) in [4.78, 5) is 21.0. The molecule has 0 radical (unpaired) electrons. The first kappa shape index (κ1) is 8.68. The molecule has 0 amide bonds. The van der Waals surface area contributed by atoms with Crippen LogP contribution in [0.5, 0.6) is 0 Å². The Bertz CT molecular complexity index is 428. The molecule has 0 N–H and O–H groups in total. The van der Waals surface area contributed by atoms with E-state index in [1.807, 2.05) is 0 Å². The zero-order valence-electron chi connectivity index (χ0n) is 7.44. The van der Waals surface area contributed by atoms with Crippen molar-refractivity contribution in [2.24, 2.45) is 0 Å². The van der Waals surface area contributed by atoms with Crippen molar-refractivity contribution in [2.45, 2.75) is 6.92 Å². The van der Waals surface area contributed by atoms with E-state index in [1.165, 1.54) is 0 Å². The summed E-state index contributed by atoms with van der Waals surface area (Å²) in [6.07, 6.45) is 3.20. The van der Waals surface area contributed by atoms with Crippen LogP contribution in [0.3, 0.4) is 0 Å². The van der Waals surface area contributed by atoms with Gasteiger partial charge in [0.15, 0.2) is 0 Å². The summed E-state index contributed by atoms with van der Waals surface area (Å²) in [7, 11) is 0. The van der Waals surface area contributed by atoms with E-state index >= 15 is 0 Å². The van der Waals surface area contributed by atoms with E-state index in [0.29, 0.717) is 22.5 Å². The quantitative estimate of drug-likeness (QED) is 0.372. The molecule has 1 heterocycles. The molecule has 0 atom stereocenters. The number of hydrogen-bond donors (Lipinski definition) is 0. The van der Waals surface area contributed by atoms with Gasteiger partial charge in [-0.1, -0.05) is 0 Å². The number of carbonyl (C=O) groups is 1. The molecule has 0 fully saturated rings. The first-order valence-corrected chi connectivity index (χ1v) is 4.06. The van der Waals surface area contributed by atoms with E-state index in [1.54, 1.807) is 19.1 Å². The highest BCUT2D eigenvalue weighted by Crippen LogP contribution is 2.35. The molecule has 0 bridgehead atoms. The summed E-state index contributed by atoms with van der Waals surface area (Å²) in [5.41, 5.74) is 1.57. The van der Waals surface area contributed by atoms with Crippen LogP contribution < -0.4 is 0 Å². The number of ether oxygens (including phenoxy) is 1. The largest absolute Gasteiger partial charge is 0.422 e. The van der Waals surface area contributed by atoms with Gasteiger partial charge in [-0.25, -0.2) is 4.79 Å². The van der Waals surface area contributed by atoms with Crippen molar-refractivity contribution in [1.82, 2.24) is 0 Å². The maximum absolute atomic E-state index is 11.1. The molecule has 0 spiro atoms. The second kappa shape index (κ2) is 2.80. The standard InChI is InChI=1S/C9H7NO4/c1-5-8-6(4-10(12)13)2-3-7(8)14-9(5)11/h2-3H,4H2,1H3. The van der Waals surface area contributed by atoms with E-state index in [0.717, 1.165) is 0 Å². The van der Waals surface area contributed by atoms with Crippen LogP contribution in [0.4, 0.5) is 0 Å². The maximum atomic E-state index is 11.1. The summed E-state index contributed by atoms with van der Waals surface area (Å²) in [6.45, 7) is 1.33. The highest BCUT2D eigenvalue weighted by atomic mass is 16.6. The first-order chi connectivity index (χ1) is 6.59. The third-order valence-electron chi connectivity index (χ3n) is 2.19. The summed E-state index contributed by atoms with van der Waals surface area (Å²) in [5.74, 6) is 0.0181. The number of nitrogens with zero attached hydrogens (tertiary/aromatic N) is 1. The van der Waals surface area contributed by atoms with Crippen LogP contribution in [-0.4, -0.2) is 17.4 Å². The fourth-order valence-electron chi connectivity index (χ4n) is 1.56. The smallest absolute Gasteiger partial charge is 0.339 e. The van der Waals surface area contributed by atoms with Crippen LogP contribution in [0.15, 0.2) is 34.6 Å². The molecule has 1 aliphatic heterocycles. The minimum atomic E-state index is -0.425. The van der Waals surface area contributed by atoms with Crippen LogP contribution in [0, 0.1) is 10.1 Å². The van der Waals surface area contributed by atoms with Gasteiger partial charge >= 0.3 is 5.97 Å². The highest BCUT2D eigenvalue weighted by Gasteiger charge is 2.32. The van der Waals surface area contributed by atoms with E-state index in [9.17, 15) is 14.9 Å². The summed E-state index contributed by atoms with van der Waals surface area (Å²) in [6, 6.07) is 0. The number of esters is 1. The molecule has 2 aliphatic rings. The number of hydrogen-bond acceptors (Lipinski definition) is 4. The van der Waals surface area contributed by atoms with Gasteiger partial charge in [0.2, 0.25) is 6.54 Å². The fourth-order valence-corrected chi connectivity index (χ4v) is 1.56. The first-order valence-electron chi connectivity index (χ1n) is 4.06. The molecule has 5 nitrogen and oxygen atoms in total. The van der Waals surface area contributed by atoms with Gasteiger partial charge < -0.3 is 4.74 Å². The van der Waals surface area contributed by atoms with Crippen molar-refractivity contribution in [3.8, 4) is 0 Å². The summed E-state index contributed by atoms with van der Waals surface area (Å²) >= 11 is 0. The summed E-state index contributed by atoms with van der Waals surface area (Å²) < 4.78 is 4.88. The minimum absolute atomic E-state index is 0.274. The Morgan fingerprint density at radius 2 is 2.21 bits per heavy atom. The lowest BCUT2D eigenvalue weighted by atomic mass is 10.1. The fraction of sp³-hybridized carbons (Fsp3) is 0.222. The Labute approximate surface area is 79.5 Å². The normalized spacial score (nSPS) is 19.1. The van der Waals surface area contributed by atoms with E-state index < -0.39 is 10.9 Å². The van der Waals surface area contributed by atoms with Gasteiger partial charge in [-0.15, -0.1) is 0 Å². The molecule has 0 unspecified atom stereocenters. The van der Waals surface area contributed by atoms with Crippen molar-refractivity contribution in [2.75, 3.05) is 6.54 Å². The summed E-state index contributed by atoms with van der Waals surface area (Å²) in [5, 5.41) is 10.3. The lowest BCUT2D eigenvalue weighted by molar-refractivity contribution is -0.470. The average molecular weight is 193 g/mol. The van der Waals surface area contributed by atoms with Gasteiger partial charge in [-0.3, -0.25) is 10.1 Å². The Kier molecular flexibility index (Phi) is 1.73. The lowest BCUT2D eigenvalue weighted by Crippen LogP contribution is -2.05. The molecule has 0 aromatic rings. The zero-order valence-corrected chi connectivity index (χ0v) is 7.44. The van der Waals surface area contributed by atoms with Gasteiger partial charge in [0.05, 0.1) is 0 Å². The predicted octanol–water partition coefficient (Wildman–Crippen LogP) is 0.960. The zero-order chi connectivity index (χ0) is 10.3. The Morgan fingerprint density at radius 1 is 1.50 bits per heavy atom. The molecule has 72 valence electrons. The Morgan fingerprint density at radius 3 is 2.86 bits per heavy atom. The number of allylic oxidation sites excluding steroid dienone is 3. The van der Waals surface area contributed by atoms with Crippen molar-refractivity contribution in [3.63, 3.8) is 0 Å². The van der Waals surface area contributed by atoms with Crippen molar-refractivity contribution in [3.05, 3.63) is 44.7 Å². The molecular formula is C9H7NO4. The van der Waals surface area contributed by atoms with Crippen LogP contribution in [0.25, 0.3) is 0 Å². The molecule has 14 heavy (non-hydrogen) atoms. The van der Waals surface area contributed by atoms with Crippen LogP contribution in [0.1, 0.15) is 6.92 Å². The highest BCUT2D eigenvalue weighted by molar-refractivity contribution is 5.96. The molecule has 2 rings (SSSR count). The number of fused-ring (bicyclic) bond motifs is 1. The molecule has 0 aromatic heterocycles. The Balaban J connectivity index is 2.35. The second-order valence-electron chi connectivity index (χ2n) is 3.10. The monoisotopic (exact) mass is 193 g/mol. The van der Waals surface area contributed by atoms with Crippen LogP contribution in [-0.2, 0) is 9.53 Å². The van der Waals surface area contributed by atoms with E-state index in [4.69, 9.17) is 4.74 Å².